The average Bonchev–Trinajstić information content (AvgIpc) is 2.43. The number of nitrogens with one attached hydrogen (secondary N) is 1. The van der Waals surface area contributed by atoms with Crippen LogP contribution in [0.5, 0.6) is 0 Å². The molecule has 0 unspecified atom stereocenters. The third kappa shape index (κ3) is 5.09. The molecule has 0 spiro atoms. The van der Waals surface area contributed by atoms with E-state index in [0.717, 1.165) is 38.3 Å². The van der Waals surface area contributed by atoms with Crippen molar-refractivity contribution >= 4 is 11.6 Å². The first-order valence-electron chi connectivity index (χ1n) is 7.85. The Morgan fingerprint density at radius 1 is 1.36 bits per heavy atom. The van der Waals surface area contributed by atoms with Gasteiger partial charge in [-0.2, -0.15) is 0 Å². The molecule has 2 atom stereocenters. The van der Waals surface area contributed by atoms with Gasteiger partial charge >= 0.3 is 0 Å². The number of benzene rings is 1. The first kappa shape index (κ1) is 16.9. The highest BCUT2D eigenvalue weighted by atomic mass is 16.3. The van der Waals surface area contributed by atoms with Crippen LogP contribution >= 0.6 is 0 Å². The van der Waals surface area contributed by atoms with E-state index in [2.05, 4.69) is 29.2 Å². The molecular formula is C17H27N3O2. The number of β-amino-alcohol motifs (C(OH)–C–C–N with tert-alkyl or cyclic N) is 1. The summed E-state index contributed by atoms with van der Waals surface area (Å²) in [5.41, 5.74) is 2.02. The maximum atomic E-state index is 11.0. The number of likely N-dealkylation sites (tertiary alicyclic amines) is 1. The molecule has 122 valence electrons. The first-order chi connectivity index (χ1) is 10.4. The molecule has 0 bridgehead atoms. The molecule has 1 aromatic carbocycles. The van der Waals surface area contributed by atoms with Crippen molar-refractivity contribution in [3.8, 4) is 0 Å². The Kier molecular flexibility index (Phi) is 5.94. The van der Waals surface area contributed by atoms with Crippen molar-refractivity contribution in [3.63, 3.8) is 0 Å². The number of piperidine rings is 1. The van der Waals surface area contributed by atoms with Gasteiger partial charge < -0.3 is 15.3 Å². The number of aliphatic hydroxyl groups is 1. The van der Waals surface area contributed by atoms with Crippen LogP contribution in [0.15, 0.2) is 24.3 Å². The zero-order chi connectivity index (χ0) is 16.1. The monoisotopic (exact) mass is 305 g/mol. The summed E-state index contributed by atoms with van der Waals surface area (Å²) in [6.45, 7) is 5.04. The number of hydrogen-bond acceptors (Lipinski definition) is 4. The van der Waals surface area contributed by atoms with Crippen LogP contribution in [-0.4, -0.2) is 60.6 Å². The van der Waals surface area contributed by atoms with E-state index < -0.39 is 0 Å². The van der Waals surface area contributed by atoms with E-state index in [9.17, 15) is 9.90 Å². The van der Waals surface area contributed by atoms with Gasteiger partial charge in [0.15, 0.2) is 0 Å². The lowest BCUT2D eigenvalue weighted by atomic mass is 9.93. The Morgan fingerprint density at radius 3 is 2.59 bits per heavy atom. The summed E-state index contributed by atoms with van der Waals surface area (Å²) in [7, 11) is 4.10. The summed E-state index contributed by atoms with van der Waals surface area (Å²) < 4.78 is 0. The predicted octanol–water partition coefficient (Wildman–Crippen LogP) is 1.39. The van der Waals surface area contributed by atoms with Crippen LogP contribution in [0.4, 0.5) is 5.69 Å². The number of rotatable bonds is 5. The lowest BCUT2D eigenvalue weighted by molar-refractivity contribution is -0.114. The Bertz CT molecular complexity index is 487. The van der Waals surface area contributed by atoms with Gasteiger partial charge in [-0.25, -0.2) is 0 Å². The molecule has 1 aromatic rings. The lowest BCUT2D eigenvalue weighted by Gasteiger charge is -2.37. The zero-order valence-corrected chi connectivity index (χ0v) is 13.7. The van der Waals surface area contributed by atoms with E-state index in [1.807, 2.05) is 24.3 Å². The van der Waals surface area contributed by atoms with Gasteiger partial charge in [-0.1, -0.05) is 12.1 Å². The largest absolute Gasteiger partial charge is 0.391 e. The minimum atomic E-state index is -0.255. The summed E-state index contributed by atoms with van der Waals surface area (Å²) in [5, 5.41) is 13.1. The Balaban J connectivity index is 1.85. The summed E-state index contributed by atoms with van der Waals surface area (Å²) in [4.78, 5) is 15.4. The van der Waals surface area contributed by atoms with Gasteiger partial charge in [0, 0.05) is 32.2 Å². The standard InChI is InChI=1S/C17H27N3O2/c1-13(21)18-16-6-4-14(5-7-16)10-20-9-8-15(11-19(2)3)17(22)12-20/h4-7,15,17,22H,8-12H2,1-3H3,(H,18,21)/t15-,17+/m0/s1. The van der Waals surface area contributed by atoms with E-state index in [-0.39, 0.29) is 12.0 Å². The number of aliphatic hydroxyl groups excluding tert-OH is 1. The third-order valence-electron chi connectivity index (χ3n) is 4.09. The maximum absolute atomic E-state index is 11.0. The van der Waals surface area contributed by atoms with E-state index in [1.165, 1.54) is 12.5 Å². The molecule has 0 aliphatic carbocycles. The highest BCUT2D eigenvalue weighted by Gasteiger charge is 2.27. The number of carbonyl (C=O) groups excluding carboxylic acids is 1. The Labute approximate surface area is 132 Å². The van der Waals surface area contributed by atoms with Crippen molar-refractivity contribution in [1.82, 2.24) is 9.80 Å². The van der Waals surface area contributed by atoms with E-state index in [4.69, 9.17) is 0 Å². The van der Waals surface area contributed by atoms with Crippen molar-refractivity contribution in [1.29, 1.82) is 0 Å². The van der Waals surface area contributed by atoms with Crippen molar-refractivity contribution in [2.45, 2.75) is 26.0 Å². The van der Waals surface area contributed by atoms with Crippen LogP contribution in [0.2, 0.25) is 0 Å². The Hall–Kier alpha value is -1.43. The smallest absolute Gasteiger partial charge is 0.221 e. The molecule has 22 heavy (non-hydrogen) atoms. The molecule has 1 saturated heterocycles. The zero-order valence-electron chi connectivity index (χ0n) is 13.7. The maximum Gasteiger partial charge on any atom is 0.221 e. The Morgan fingerprint density at radius 2 is 2.05 bits per heavy atom. The summed E-state index contributed by atoms with van der Waals surface area (Å²) in [5.74, 6) is 0.312. The normalized spacial score (nSPS) is 22.8. The molecule has 0 radical (unpaired) electrons. The molecule has 1 heterocycles. The van der Waals surface area contributed by atoms with Crippen LogP contribution in [0, 0.1) is 5.92 Å². The molecule has 2 N–H and O–H groups in total. The van der Waals surface area contributed by atoms with Crippen LogP contribution < -0.4 is 5.32 Å². The van der Waals surface area contributed by atoms with E-state index in [0.29, 0.717) is 5.92 Å². The molecule has 1 aliphatic heterocycles. The van der Waals surface area contributed by atoms with Crippen LogP contribution in [0.1, 0.15) is 18.9 Å². The van der Waals surface area contributed by atoms with Crippen molar-refractivity contribution < 1.29 is 9.90 Å². The first-order valence-corrected chi connectivity index (χ1v) is 7.85. The van der Waals surface area contributed by atoms with Crippen LogP contribution in [0.25, 0.3) is 0 Å². The molecule has 1 fully saturated rings. The van der Waals surface area contributed by atoms with E-state index in [1.54, 1.807) is 0 Å². The highest BCUT2D eigenvalue weighted by molar-refractivity contribution is 5.88. The van der Waals surface area contributed by atoms with Crippen LogP contribution in [0.3, 0.4) is 0 Å². The average molecular weight is 305 g/mol. The third-order valence-corrected chi connectivity index (χ3v) is 4.09. The van der Waals surface area contributed by atoms with Crippen molar-refractivity contribution in [2.75, 3.05) is 39.0 Å². The number of nitrogens with zero attached hydrogens (tertiary/aromatic N) is 2. The second-order valence-electron chi connectivity index (χ2n) is 6.49. The fraction of sp³-hybridized carbons (Fsp3) is 0.588. The molecule has 0 saturated carbocycles. The molecule has 1 aliphatic rings. The summed E-state index contributed by atoms with van der Waals surface area (Å²) in [6.07, 6.45) is 0.776. The molecule has 1 amide bonds. The number of anilines is 1. The van der Waals surface area contributed by atoms with Gasteiger partial charge in [-0.05, 0) is 50.7 Å². The van der Waals surface area contributed by atoms with Crippen LogP contribution in [-0.2, 0) is 11.3 Å². The molecule has 5 nitrogen and oxygen atoms in total. The SMILES string of the molecule is CC(=O)Nc1ccc(CN2CC[C@@H](CN(C)C)[C@H](O)C2)cc1. The fourth-order valence-corrected chi connectivity index (χ4v) is 3.03. The molecule has 2 rings (SSSR count). The molecule has 5 heteroatoms. The quantitative estimate of drug-likeness (QED) is 0.863. The van der Waals surface area contributed by atoms with Gasteiger partial charge in [-0.3, -0.25) is 9.69 Å². The predicted molar refractivity (Wildman–Crippen MR) is 88.7 cm³/mol. The van der Waals surface area contributed by atoms with Crippen molar-refractivity contribution in [3.05, 3.63) is 29.8 Å². The highest BCUT2D eigenvalue weighted by Crippen LogP contribution is 2.20. The molecular weight excluding hydrogens is 278 g/mol. The van der Waals surface area contributed by atoms with Crippen molar-refractivity contribution in [2.24, 2.45) is 5.92 Å². The van der Waals surface area contributed by atoms with Gasteiger partial charge in [0.05, 0.1) is 6.10 Å². The van der Waals surface area contributed by atoms with E-state index >= 15 is 0 Å². The number of amides is 1. The summed E-state index contributed by atoms with van der Waals surface area (Å²) >= 11 is 0. The number of hydrogen-bond donors (Lipinski definition) is 2. The topological polar surface area (TPSA) is 55.8 Å². The lowest BCUT2D eigenvalue weighted by Crippen LogP contribution is -2.46. The second-order valence-corrected chi connectivity index (χ2v) is 6.49. The van der Waals surface area contributed by atoms with Gasteiger partial charge in [0.25, 0.3) is 0 Å². The van der Waals surface area contributed by atoms with Gasteiger partial charge in [0.2, 0.25) is 5.91 Å². The van der Waals surface area contributed by atoms with Gasteiger partial charge in [-0.15, -0.1) is 0 Å². The van der Waals surface area contributed by atoms with Gasteiger partial charge in [0.1, 0.15) is 0 Å². The molecule has 0 aromatic heterocycles. The number of carbonyl (C=O) groups is 1. The minimum absolute atomic E-state index is 0.0566. The fourth-order valence-electron chi connectivity index (χ4n) is 3.03. The second kappa shape index (κ2) is 7.72. The summed E-state index contributed by atoms with van der Waals surface area (Å²) in [6, 6.07) is 7.91. The minimum Gasteiger partial charge on any atom is -0.391 e.